The highest BCUT2D eigenvalue weighted by Gasteiger charge is 2.46. The van der Waals surface area contributed by atoms with Gasteiger partial charge in [-0.2, -0.15) is 0 Å². The second-order valence-corrected chi connectivity index (χ2v) is 18.7. The molecule has 0 bridgehead atoms. The summed E-state index contributed by atoms with van der Waals surface area (Å²) in [5, 5.41) is 7.49. The third-order valence-corrected chi connectivity index (χ3v) is 15.1. The molecule has 0 atom stereocenters. The smallest absolute Gasteiger partial charge is 0.0714 e. The maximum Gasteiger partial charge on any atom is 0.0714 e. The van der Waals surface area contributed by atoms with Crippen LogP contribution in [0, 0.1) is 0 Å². The number of aromatic nitrogens is 1. The number of fused-ring (bicyclic) bond motifs is 8. The van der Waals surface area contributed by atoms with Gasteiger partial charge in [-0.15, -0.1) is 0 Å². The molecule has 0 N–H and O–H groups in total. The lowest BCUT2D eigenvalue weighted by molar-refractivity contribution is 0.768. The van der Waals surface area contributed by atoms with Gasteiger partial charge < -0.3 is 4.57 Å². The van der Waals surface area contributed by atoms with Gasteiger partial charge in [-0.1, -0.05) is 231 Å². The van der Waals surface area contributed by atoms with E-state index < -0.39 is 5.41 Å². The number of hydrogen-bond acceptors (Lipinski definition) is 0. The van der Waals surface area contributed by atoms with Crippen molar-refractivity contribution in [3.63, 3.8) is 0 Å². The summed E-state index contributed by atoms with van der Waals surface area (Å²) in [5.74, 6) is 0. The molecule has 14 rings (SSSR count). The molecule has 1 aliphatic carbocycles. The minimum absolute atomic E-state index is 0.621. The van der Waals surface area contributed by atoms with E-state index in [0.29, 0.717) is 0 Å². The van der Waals surface area contributed by atoms with Crippen LogP contribution < -0.4 is 0 Å². The van der Waals surface area contributed by atoms with Gasteiger partial charge in [0, 0.05) is 16.5 Å². The van der Waals surface area contributed by atoms with E-state index in [2.05, 4.69) is 278 Å². The normalized spacial score (nSPS) is 12.7. The van der Waals surface area contributed by atoms with Crippen LogP contribution in [0.4, 0.5) is 0 Å². The van der Waals surface area contributed by atoms with Crippen molar-refractivity contribution in [2.45, 2.75) is 5.41 Å². The van der Waals surface area contributed by atoms with Crippen molar-refractivity contribution in [1.29, 1.82) is 0 Å². The molecule has 12 aromatic carbocycles. The lowest BCUT2D eigenvalue weighted by atomic mass is 9.67. The molecule has 1 aliphatic rings. The maximum absolute atomic E-state index is 2.53. The van der Waals surface area contributed by atoms with Crippen LogP contribution in [0.1, 0.15) is 22.3 Å². The monoisotopic (exact) mass is 887 g/mol. The summed E-state index contributed by atoms with van der Waals surface area (Å²) in [7, 11) is 0. The van der Waals surface area contributed by atoms with Crippen LogP contribution in [0.25, 0.3) is 105 Å². The van der Waals surface area contributed by atoms with E-state index >= 15 is 0 Å². The van der Waals surface area contributed by atoms with Crippen molar-refractivity contribution in [3.05, 3.63) is 295 Å². The average Bonchev–Trinajstić information content (AvgIpc) is 3.93. The fourth-order valence-corrected chi connectivity index (χ4v) is 12.1. The maximum atomic E-state index is 2.53. The van der Waals surface area contributed by atoms with E-state index in [1.54, 1.807) is 0 Å². The molecule has 1 heteroatoms. The van der Waals surface area contributed by atoms with Crippen molar-refractivity contribution in [1.82, 2.24) is 4.57 Å². The number of hydrogen-bond donors (Lipinski definition) is 0. The Balaban J connectivity index is 1.00. The molecule has 1 aromatic heterocycles. The van der Waals surface area contributed by atoms with Gasteiger partial charge >= 0.3 is 0 Å². The van der Waals surface area contributed by atoms with Crippen LogP contribution in [0.2, 0.25) is 0 Å². The Bertz CT molecular complexity index is 4050. The van der Waals surface area contributed by atoms with Gasteiger partial charge in [0.2, 0.25) is 0 Å². The van der Waals surface area contributed by atoms with Crippen molar-refractivity contribution >= 4 is 43.4 Å². The third-order valence-electron chi connectivity index (χ3n) is 15.1. The molecular formula is C69H45N. The summed E-state index contributed by atoms with van der Waals surface area (Å²) in [6.45, 7) is 0. The van der Waals surface area contributed by atoms with Gasteiger partial charge in [0.25, 0.3) is 0 Å². The molecule has 0 aliphatic heterocycles. The van der Waals surface area contributed by atoms with E-state index in [4.69, 9.17) is 0 Å². The van der Waals surface area contributed by atoms with E-state index in [1.807, 2.05) is 0 Å². The lowest BCUT2D eigenvalue weighted by Gasteiger charge is -2.34. The van der Waals surface area contributed by atoms with Crippen molar-refractivity contribution in [2.24, 2.45) is 0 Å². The van der Waals surface area contributed by atoms with Gasteiger partial charge in [0.05, 0.1) is 16.4 Å². The molecule has 13 aromatic rings. The summed E-state index contributed by atoms with van der Waals surface area (Å²) < 4.78 is 2.48. The van der Waals surface area contributed by atoms with E-state index in [9.17, 15) is 0 Å². The molecule has 0 saturated heterocycles. The van der Waals surface area contributed by atoms with Crippen molar-refractivity contribution in [2.75, 3.05) is 0 Å². The second kappa shape index (κ2) is 16.0. The molecule has 0 amide bonds. The molecule has 70 heavy (non-hydrogen) atoms. The van der Waals surface area contributed by atoms with E-state index in [1.165, 1.54) is 121 Å². The van der Waals surface area contributed by atoms with Crippen LogP contribution in [-0.2, 0) is 5.41 Å². The number of rotatable bonds is 7. The molecule has 0 saturated carbocycles. The highest BCUT2D eigenvalue weighted by Crippen LogP contribution is 2.58. The summed E-state index contributed by atoms with van der Waals surface area (Å²) >= 11 is 0. The third kappa shape index (κ3) is 6.05. The Morgan fingerprint density at radius 3 is 1.29 bits per heavy atom. The second-order valence-electron chi connectivity index (χ2n) is 18.7. The van der Waals surface area contributed by atoms with E-state index in [-0.39, 0.29) is 0 Å². The SMILES string of the molecule is c1ccc(-c2cccc(-c3ccc4c(c3)c3ccccc3n4-c3ccc4c(c3)C(c3ccccc3)(c3ccccc3)c3cc(-c5c6ccccc6c(-c6ccccc6)c6ccccc56)ccc3-4)c2)cc1. The molecular weight excluding hydrogens is 843 g/mol. The molecule has 326 valence electrons. The first-order valence-electron chi connectivity index (χ1n) is 24.3. The number of benzene rings is 12. The fraction of sp³-hybridized carbons (Fsp3) is 0.0145. The van der Waals surface area contributed by atoms with E-state index in [0.717, 1.165) is 5.69 Å². The molecule has 0 radical (unpaired) electrons. The Hall–Kier alpha value is -9.04. The zero-order valence-corrected chi connectivity index (χ0v) is 38.4. The summed E-state index contributed by atoms with van der Waals surface area (Å²) in [5.41, 5.74) is 20.3. The van der Waals surface area contributed by atoms with Gasteiger partial charge in [-0.3, -0.25) is 0 Å². The van der Waals surface area contributed by atoms with Crippen molar-refractivity contribution < 1.29 is 0 Å². The zero-order valence-electron chi connectivity index (χ0n) is 38.4. The van der Waals surface area contributed by atoms with Crippen LogP contribution in [0.3, 0.4) is 0 Å². The largest absolute Gasteiger partial charge is 0.309 e. The quantitative estimate of drug-likeness (QED) is 0.141. The molecule has 1 nitrogen and oxygen atoms in total. The standard InChI is InChI=1S/C69H45N/c1-5-20-46(21-6-1)48-24-19-25-49(42-48)50-37-41-66-62(43-50)57-30-17-18-35-65(57)70(66)54-38-40-56-55-39-36-51(44-63(55)69(64(56)45-54,52-26-9-3-10-27-52)53-28-11-4-12-29-53)68-60-33-15-13-31-58(60)67(47-22-7-2-8-23-47)59-32-14-16-34-61(59)68/h1-45H. The van der Waals surface area contributed by atoms with Crippen LogP contribution in [0.5, 0.6) is 0 Å². The van der Waals surface area contributed by atoms with Crippen LogP contribution in [-0.4, -0.2) is 4.57 Å². The summed E-state index contributed by atoms with van der Waals surface area (Å²) in [6.07, 6.45) is 0. The zero-order chi connectivity index (χ0) is 46.2. The Kier molecular flexibility index (Phi) is 9.19. The predicted molar refractivity (Wildman–Crippen MR) is 295 cm³/mol. The summed E-state index contributed by atoms with van der Waals surface area (Å²) in [6, 6.07) is 101. The van der Waals surface area contributed by atoms with Crippen LogP contribution >= 0.6 is 0 Å². The first-order chi connectivity index (χ1) is 34.7. The molecule has 0 unspecified atom stereocenters. The molecule has 1 heterocycles. The fourth-order valence-electron chi connectivity index (χ4n) is 12.1. The topological polar surface area (TPSA) is 4.93 Å². The lowest BCUT2D eigenvalue weighted by Crippen LogP contribution is -2.28. The highest BCUT2D eigenvalue weighted by atomic mass is 15.0. The van der Waals surface area contributed by atoms with Gasteiger partial charge in [0.1, 0.15) is 0 Å². The number of para-hydroxylation sites is 1. The van der Waals surface area contributed by atoms with Gasteiger partial charge in [0.15, 0.2) is 0 Å². The van der Waals surface area contributed by atoms with Crippen LogP contribution in [0.15, 0.2) is 273 Å². The number of nitrogens with zero attached hydrogens (tertiary/aromatic N) is 1. The first-order valence-corrected chi connectivity index (χ1v) is 24.3. The predicted octanol–water partition coefficient (Wildman–Crippen LogP) is 18.1. The minimum Gasteiger partial charge on any atom is -0.309 e. The Morgan fingerprint density at radius 1 is 0.243 bits per heavy atom. The van der Waals surface area contributed by atoms with Gasteiger partial charge in [-0.25, -0.2) is 0 Å². The molecule has 0 spiro atoms. The first kappa shape index (κ1) is 40.1. The molecule has 0 fully saturated rings. The Morgan fingerprint density at radius 2 is 0.671 bits per heavy atom. The van der Waals surface area contributed by atoms with Gasteiger partial charge in [-0.05, 0) is 142 Å². The minimum atomic E-state index is -0.621. The highest BCUT2D eigenvalue weighted by molar-refractivity contribution is 6.21. The summed E-state index contributed by atoms with van der Waals surface area (Å²) in [4.78, 5) is 0. The Labute approximate surface area is 407 Å². The average molecular weight is 888 g/mol. The van der Waals surface area contributed by atoms with Crippen molar-refractivity contribution in [3.8, 4) is 61.3 Å².